The fraction of sp³-hybridized carbons (Fsp3) is 0. The van der Waals surface area contributed by atoms with E-state index in [1.807, 2.05) is 48.5 Å². The fourth-order valence-corrected chi connectivity index (χ4v) is 3.20. The van der Waals surface area contributed by atoms with Crippen LogP contribution in [-0.2, 0) is 0 Å². The van der Waals surface area contributed by atoms with Gasteiger partial charge in [0.2, 0.25) is 0 Å². The minimum absolute atomic E-state index is 0.705. The maximum absolute atomic E-state index is 4.83. The number of fused-ring (bicyclic) bond motifs is 2. The molecule has 0 aliphatic carbocycles. The maximum atomic E-state index is 4.83. The molecule has 0 bridgehead atoms. The standard InChI is InChI=1S/C23H16N4/c1-2-6-17-15-18(10-9-16(17)5-1)22-26-21-8-4-3-7-20(21)23(27-22)25-19-11-13-24-14-12-19/h1-15H,(H,24,25,26,27). The van der Waals surface area contributed by atoms with Crippen molar-refractivity contribution >= 4 is 33.2 Å². The van der Waals surface area contributed by atoms with Crippen molar-refractivity contribution in [2.75, 3.05) is 5.32 Å². The van der Waals surface area contributed by atoms with Crippen LogP contribution in [0.25, 0.3) is 33.1 Å². The van der Waals surface area contributed by atoms with Gasteiger partial charge in [0.05, 0.1) is 5.52 Å². The first-order valence-electron chi connectivity index (χ1n) is 8.80. The predicted molar refractivity (Wildman–Crippen MR) is 110 cm³/mol. The highest BCUT2D eigenvalue weighted by Gasteiger charge is 2.10. The summed E-state index contributed by atoms with van der Waals surface area (Å²) in [4.78, 5) is 13.7. The smallest absolute Gasteiger partial charge is 0.162 e. The molecule has 0 aliphatic heterocycles. The van der Waals surface area contributed by atoms with E-state index in [0.29, 0.717) is 5.82 Å². The minimum atomic E-state index is 0.705. The van der Waals surface area contributed by atoms with Crippen LogP contribution in [0.1, 0.15) is 0 Å². The Labute approximate surface area is 156 Å². The molecule has 0 atom stereocenters. The van der Waals surface area contributed by atoms with Gasteiger partial charge >= 0.3 is 0 Å². The number of para-hydroxylation sites is 1. The molecule has 5 rings (SSSR count). The number of benzene rings is 3. The van der Waals surface area contributed by atoms with E-state index in [2.05, 4.69) is 40.6 Å². The zero-order valence-electron chi connectivity index (χ0n) is 14.5. The van der Waals surface area contributed by atoms with Gasteiger partial charge < -0.3 is 5.32 Å². The second-order valence-electron chi connectivity index (χ2n) is 6.34. The Bertz CT molecular complexity index is 1250. The third kappa shape index (κ3) is 2.98. The van der Waals surface area contributed by atoms with Gasteiger partial charge in [-0.3, -0.25) is 4.98 Å². The monoisotopic (exact) mass is 348 g/mol. The number of anilines is 2. The molecule has 0 saturated carbocycles. The molecule has 3 aromatic carbocycles. The summed E-state index contributed by atoms with van der Waals surface area (Å²) < 4.78 is 0. The molecule has 0 fully saturated rings. The molecule has 0 aliphatic rings. The van der Waals surface area contributed by atoms with Gasteiger partial charge in [-0.15, -0.1) is 0 Å². The largest absolute Gasteiger partial charge is 0.340 e. The second-order valence-corrected chi connectivity index (χ2v) is 6.34. The van der Waals surface area contributed by atoms with Crippen LogP contribution < -0.4 is 5.32 Å². The van der Waals surface area contributed by atoms with Crippen LogP contribution in [0.3, 0.4) is 0 Å². The molecule has 5 aromatic rings. The first-order chi connectivity index (χ1) is 13.4. The predicted octanol–water partition coefficient (Wildman–Crippen LogP) is 5.59. The quantitative estimate of drug-likeness (QED) is 0.462. The van der Waals surface area contributed by atoms with Crippen molar-refractivity contribution in [3.63, 3.8) is 0 Å². The number of hydrogen-bond acceptors (Lipinski definition) is 4. The Morgan fingerprint density at radius 3 is 2.33 bits per heavy atom. The molecule has 2 aromatic heterocycles. The molecule has 0 unspecified atom stereocenters. The Hall–Kier alpha value is -3.79. The van der Waals surface area contributed by atoms with Gasteiger partial charge in [-0.2, -0.15) is 0 Å². The lowest BCUT2D eigenvalue weighted by molar-refractivity contribution is 1.22. The van der Waals surface area contributed by atoms with Crippen molar-refractivity contribution in [2.24, 2.45) is 0 Å². The summed E-state index contributed by atoms with van der Waals surface area (Å²) in [5.41, 5.74) is 2.85. The summed E-state index contributed by atoms with van der Waals surface area (Å²) in [7, 11) is 0. The SMILES string of the molecule is c1ccc2cc(-c3nc(Nc4ccncc4)c4ccccc4n3)ccc2c1. The molecule has 4 nitrogen and oxygen atoms in total. The number of hydrogen-bond donors (Lipinski definition) is 1. The molecule has 1 N–H and O–H groups in total. The van der Waals surface area contributed by atoms with Gasteiger partial charge in [0.1, 0.15) is 5.82 Å². The van der Waals surface area contributed by atoms with E-state index in [0.717, 1.165) is 28.0 Å². The second kappa shape index (κ2) is 6.50. The van der Waals surface area contributed by atoms with Gasteiger partial charge in [0, 0.05) is 29.0 Å². The summed E-state index contributed by atoms with van der Waals surface area (Å²) in [5.74, 6) is 1.49. The van der Waals surface area contributed by atoms with Crippen molar-refractivity contribution in [3.05, 3.63) is 91.3 Å². The first kappa shape index (κ1) is 15.5. The van der Waals surface area contributed by atoms with E-state index in [4.69, 9.17) is 9.97 Å². The van der Waals surface area contributed by atoms with Crippen molar-refractivity contribution in [2.45, 2.75) is 0 Å². The molecule has 27 heavy (non-hydrogen) atoms. The van der Waals surface area contributed by atoms with Crippen molar-refractivity contribution < 1.29 is 0 Å². The summed E-state index contributed by atoms with van der Waals surface area (Å²) in [6.07, 6.45) is 3.52. The van der Waals surface area contributed by atoms with Crippen molar-refractivity contribution in [3.8, 4) is 11.4 Å². The number of nitrogens with one attached hydrogen (secondary N) is 1. The van der Waals surface area contributed by atoms with Crippen LogP contribution in [0.15, 0.2) is 91.3 Å². The van der Waals surface area contributed by atoms with Gasteiger partial charge in [-0.1, -0.05) is 48.5 Å². The molecular weight excluding hydrogens is 332 g/mol. The molecule has 128 valence electrons. The molecule has 0 spiro atoms. The van der Waals surface area contributed by atoms with E-state index in [-0.39, 0.29) is 0 Å². The highest BCUT2D eigenvalue weighted by molar-refractivity contribution is 5.93. The number of pyridine rings is 1. The summed E-state index contributed by atoms with van der Waals surface area (Å²) in [6, 6.07) is 26.5. The van der Waals surface area contributed by atoms with Crippen LogP contribution in [-0.4, -0.2) is 15.0 Å². The Kier molecular flexibility index (Phi) is 3.72. The van der Waals surface area contributed by atoms with Gasteiger partial charge in [0.25, 0.3) is 0 Å². The summed E-state index contributed by atoms with van der Waals surface area (Å²) >= 11 is 0. The van der Waals surface area contributed by atoms with Crippen LogP contribution in [0.4, 0.5) is 11.5 Å². The zero-order valence-corrected chi connectivity index (χ0v) is 14.5. The van der Waals surface area contributed by atoms with Crippen LogP contribution >= 0.6 is 0 Å². The van der Waals surface area contributed by atoms with Crippen LogP contribution in [0.5, 0.6) is 0 Å². The highest BCUT2D eigenvalue weighted by Crippen LogP contribution is 2.28. The Morgan fingerprint density at radius 2 is 1.44 bits per heavy atom. The Morgan fingerprint density at radius 1 is 0.667 bits per heavy atom. The van der Waals surface area contributed by atoms with Crippen molar-refractivity contribution in [1.29, 1.82) is 0 Å². The summed E-state index contributed by atoms with van der Waals surface area (Å²) in [5, 5.41) is 6.77. The highest BCUT2D eigenvalue weighted by atomic mass is 15.0. The first-order valence-corrected chi connectivity index (χ1v) is 8.80. The lowest BCUT2D eigenvalue weighted by Crippen LogP contribution is -1.99. The normalized spacial score (nSPS) is 11.0. The topological polar surface area (TPSA) is 50.7 Å². The van der Waals surface area contributed by atoms with Crippen molar-refractivity contribution in [1.82, 2.24) is 15.0 Å². The lowest BCUT2D eigenvalue weighted by atomic mass is 10.1. The summed E-state index contributed by atoms with van der Waals surface area (Å²) in [6.45, 7) is 0. The number of aromatic nitrogens is 3. The van der Waals surface area contributed by atoms with Gasteiger partial charge in [-0.05, 0) is 41.1 Å². The Balaban J connectivity index is 1.68. The minimum Gasteiger partial charge on any atom is -0.340 e. The van der Waals surface area contributed by atoms with Crippen LogP contribution in [0, 0.1) is 0 Å². The van der Waals surface area contributed by atoms with E-state index in [1.54, 1.807) is 12.4 Å². The molecule has 0 radical (unpaired) electrons. The average molecular weight is 348 g/mol. The van der Waals surface area contributed by atoms with Crippen LogP contribution in [0.2, 0.25) is 0 Å². The molecular formula is C23H16N4. The molecule has 0 amide bonds. The third-order valence-corrected chi connectivity index (χ3v) is 4.55. The van der Waals surface area contributed by atoms with E-state index in [1.165, 1.54) is 10.8 Å². The third-order valence-electron chi connectivity index (χ3n) is 4.55. The molecule has 0 saturated heterocycles. The number of rotatable bonds is 3. The molecule has 4 heteroatoms. The number of nitrogens with zero attached hydrogens (tertiary/aromatic N) is 3. The zero-order chi connectivity index (χ0) is 18.1. The van der Waals surface area contributed by atoms with Gasteiger partial charge in [-0.25, -0.2) is 9.97 Å². The van der Waals surface area contributed by atoms with E-state index < -0.39 is 0 Å². The fourth-order valence-electron chi connectivity index (χ4n) is 3.20. The maximum Gasteiger partial charge on any atom is 0.162 e. The van der Waals surface area contributed by atoms with Gasteiger partial charge in [0.15, 0.2) is 5.82 Å². The average Bonchev–Trinajstić information content (AvgIpc) is 2.74. The lowest BCUT2D eigenvalue weighted by Gasteiger charge is -2.11. The van der Waals surface area contributed by atoms with E-state index >= 15 is 0 Å². The van der Waals surface area contributed by atoms with E-state index in [9.17, 15) is 0 Å². The molecule has 2 heterocycles.